The van der Waals surface area contributed by atoms with E-state index in [0.29, 0.717) is 30.6 Å². The van der Waals surface area contributed by atoms with Gasteiger partial charge in [0.25, 0.3) is 5.91 Å². The number of nitrogens with one attached hydrogen (secondary N) is 2. The van der Waals surface area contributed by atoms with Crippen LogP contribution in [0.5, 0.6) is 5.75 Å². The first-order valence-corrected chi connectivity index (χ1v) is 9.90. The number of ether oxygens (including phenoxy) is 1. The third-order valence-corrected chi connectivity index (χ3v) is 5.89. The molecule has 1 aromatic rings. The Labute approximate surface area is 170 Å². The Morgan fingerprint density at radius 3 is 2.45 bits per heavy atom. The Morgan fingerprint density at radius 1 is 1.24 bits per heavy atom. The van der Waals surface area contributed by atoms with Gasteiger partial charge in [0.15, 0.2) is 0 Å². The molecular formula is C21H26N4O4. The molecule has 0 unspecified atom stereocenters. The van der Waals surface area contributed by atoms with Crippen molar-refractivity contribution in [2.45, 2.75) is 56.5 Å². The van der Waals surface area contributed by atoms with E-state index in [9.17, 15) is 19.6 Å². The average Bonchev–Trinajstić information content (AvgIpc) is 2.99. The molecule has 3 rings (SSSR count). The molecule has 2 fully saturated rings. The SMILES string of the molecule is CC[C@@]1(c2ccc(OC)cc2)NC(=O)N(CC(=O)NC2(C#N)CCCCC2)C1=O. The smallest absolute Gasteiger partial charge is 0.325 e. The summed E-state index contributed by atoms with van der Waals surface area (Å²) in [5, 5.41) is 15.0. The number of carbonyl (C=O) groups is 3. The predicted octanol–water partition coefficient (Wildman–Crippen LogP) is 2.19. The summed E-state index contributed by atoms with van der Waals surface area (Å²) in [4.78, 5) is 39.2. The maximum atomic E-state index is 13.2. The number of rotatable bonds is 6. The van der Waals surface area contributed by atoms with Crippen molar-refractivity contribution in [1.82, 2.24) is 15.5 Å². The third-order valence-electron chi connectivity index (χ3n) is 5.89. The molecule has 2 N–H and O–H groups in total. The van der Waals surface area contributed by atoms with Crippen molar-refractivity contribution in [1.29, 1.82) is 5.26 Å². The first-order valence-electron chi connectivity index (χ1n) is 9.90. The van der Waals surface area contributed by atoms with Crippen molar-refractivity contribution in [3.63, 3.8) is 0 Å². The number of methoxy groups -OCH3 is 1. The van der Waals surface area contributed by atoms with E-state index in [4.69, 9.17) is 4.74 Å². The Hall–Kier alpha value is -3.08. The Bertz CT molecular complexity index is 839. The third kappa shape index (κ3) is 3.77. The Kier molecular flexibility index (Phi) is 5.78. The molecule has 1 aromatic carbocycles. The summed E-state index contributed by atoms with van der Waals surface area (Å²) in [5.74, 6) is -0.333. The highest BCUT2D eigenvalue weighted by Crippen LogP contribution is 2.33. The number of hydrogen-bond donors (Lipinski definition) is 2. The van der Waals surface area contributed by atoms with Crippen LogP contribution < -0.4 is 15.4 Å². The predicted molar refractivity (Wildman–Crippen MR) is 105 cm³/mol. The van der Waals surface area contributed by atoms with E-state index >= 15 is 0 Å². The van der Waals surface area contributed by atoms with Crippen LogP contribution in [-0.4, -0.2) is 41.9 Å². The highest BCUT2D eigenvalue weighted by atomic mass is 16.5. The van der Waals surface area contributed by atoms with Crippen molar-refractivity contribution >= 4 is 17.8 Å². The minimum absolute atomic E-state index is 0.337. The number of benzene rings is 1. The summed E-state index contributed by atoms with van der Waals surface area (Å²) in [6.45, 7) is 1.39. The zero-order valence-electron chi connectivity index (χ0n) is 16.8. The number of nitrogens with zero attached hydrogens (tertiary/aromatic N) is 2. The lowest BCUT2D eigenvalue weighted by molar-refractivity contribution is -0.135. The van der Waals surface area contributed by atoms with Crippen LogP contribution in [0.15, 0.2) is 24.3 Å². The Balaban J connectivity index is 1.77. The number of amides is 4. The second kappa shape index (κ2) is 8.11. The molecule has 1 heterocycles. The molecule has 4 amide bonds. The molecule has 29 heavy (non-hydrogen) atoms. The maximum absolute atomic E-state index is 13.2. The molecular weight excluding hydrogens is 372 g/mol. The molecule has 8 nitrogen and oxygen atoms in total. The van der Waals surface area contributed by atoms with Gasteiger partial charge >= 0.3 is 6.03 Å². The minimum atomic E-state index is -1.22. The second-order valence-corrected chi connectivity index (χ2v) is 7.61. The van der Waals surface area contributed by atoms with E-state index < -0.39 is 35.5 Å². The number of imide groups is 1. The van der Waals surface area contributed by atoms with E-state index in [1.165, 1.54) is 0 Å². The van der Waals surface area contributed by atoms with Crippen LogP contribution in [-0.2, 0) is 15.1 Å². The molecule has 0 bridgehead atoms. The van der Waals surface area contributed by atoms with Gasteiger partial charge in [0, 0.05) is 0 Å². The van der Waals surface area contributed by atoms with Crippen LogP contribution in [0, 0.1) is 11.3 Å². The molecule has 1 atom stereocenters. The number of hydrogen-bond acceptors (Lipinski definition) is 5. The largest absolute Gasteiger partial charge is 0.497 e. The lowest BCUT2D eigenvalue weighted by atomic mass is 9.83. The average molecular weight is 398 g/mol. The van der Waals surface area contributed by atoms with Gasteiger partial charge in [-0.3, -0.25) is 14.5 Å². The van der Waals surface area contributed by atoms with Crippen LogP contribution in [0.2, 0.25) is 0 Å². The summed E-state index contributed by atoms with van der Waals surface area (Å²) in [6.07, 6.45) is 4.28. The lowest BCUT2D eigenvalue weighted by Crippen LogP contribution is -2.52. The van der Waals surface area contributed by atoms with Crippen molar-refractivity contribution in [3.8, 4) is 11.8 Å². The summed E-state index contributed by atoms with van der Waals surface area (Å²) in [5.41, 5.74) is -1.50. The standard InChI is InChI=1S/C21H26N4O4/c1-3-21(15-7-9-16(29-2)10-8-15)18(27)25(19(28)24-21)13-17(26)23-20(14-22)11-5-4-6-12-20/h7-10H,3-6,11-13H2,1-2H3,(H,23,26)(H,24,28)/t21-/m0/s1. The van der Waals surface area contributed by atoms with Gasteiger partial charge < -0.3 is 15.4 Å². The Morgan fingerprint density at radius 2 is 1.90 bits per heavy atom. The van der Waals surface area contributed by atoms with E-state index in [-0.39, 0.29) is 0 Å². The quantitative estimate of drug-likeness (QED) is 0.714. The van der Waals surface area contributed by atoms with Gasteiger partial charge in [0.1, 0.15) is 23.4 Å². The second-order valence-electron chi connectivity index (χ2n) is 7.61. The van der Waals surface area contributed by atoms with Crippen LogP contribution in [0.1, 0.15) is 51.0 Å². The van der Waals surface area contributed by atoms with Gasteiger partial charge in [0.05, 0.1) is 13.2 Å². The maximum Gasteiger partial charge on any atom is 0.325 e. The topological polar surface area (TPSA) is 112 Å². The highest BCUT2D eigenvalue weighted by molar-refractivity contribution is 6.09. The van der Waals surface area contributed by atoms with Crippen LogP contribution in [0.4, 0.5) is 4.79 Å². The fraction of sp³-hybridized carbons (Fsp3) is 0.524. The molecule has 1 aliphatic heterocycles. The zero-order chi connectivity index (χ0) is 21.1. The molecule has 0 spiro atoms. The molecule has 0 aromatic heterocycles. The summed E-state index contributed by atoms with van der Waals surface area (Å²) in [6, 6.07) is 8.51. The van der Waals surface area contributed by atoms with Crippen molar-refractivity contribution in [2.75, 3.05) is 13.7 Å². The molecule has 2 aliphatic rings. The van der Waals surface area contributed by atoms with Gasteiger partial charge in [0.2, 0.25) is 5.91 Å². The van der Waals surface area contributed by atoms with Gasteiger partial charge in [-0.1, -0.05) is 38.3 Å². The van der Waals surface area contributed by atoms with Crippen LogP contribution in [0.3, 0.4) is 0 Å². The van der Waals surface area contributed by atoms with Crippen molar-refractivity contribution < 1.29 is 19.1 Å². The highest BCUT2D eigenvalue weighted by Gasteiger charge is 2.52. The minimum Gasteiger partial charge on any atom is -0.497 e. The number of nitriles is 1. The molecule has 1 saturated carbocycles. The zero-order valence-corrected chi connectivity index (χ0v) is 16.8. The van der Waals surface area contributed by atoms with Gasteiger partial charge in [-0.25, -0.2) is 4.79 Å². The van der Waals surface area contributed by atoms with E-state index in [0.717, 1.165) is 24.2 Å². The van der Waals surface area contributed by atoms with Gasteiger partial charge in [-0.15, -0.1) is 0 Å². The van der Waals surface area contributed by atoms with E-state index in [1.807, 2.05) is 0 Å². The summed E-state index contributed by atoms with van der Waals surface area (Å²) < 4.78 is 5.15. The van der Waals surface area contributed by atoms with Gasteiger partial charge in [-0.2, -0.15) is 5.26 Å². The fourth-order valence-electron chi connectivity index (χ4n) is 4.15. The monoisotopic (exact) mass is 398 g/mol. The van der Waals surface area contributed by atoms with E-state index in [1.54, 1.807) is 38.3 Å². The van der Waals surface area contributed by atoms with Crippen molar-refractivity contribution in [3.05, 3.63) is 29.8 Å². The van der Waals surface area contributed by atoms with E-state index in [2.05, 4.69) is 16.7 Å². The molecule has 154 valence electrons. The summed E-state index contributed by atoms with van der Waals surface area (Å²) in [7, 11) is 1.55. The molecule has 8 heteroatoms. The molecule has 1 saturated heterocycles. The lowest BCUT2D eigenvalue weighted by Gasteiger charge is -2.32. The van der Waals surface area contributed by atoms with Crippen LogP contribution in [0.25, 0.3) is 0 Å². The molecule has 1 aliphatic carbocycles. The normalized spacial score (nSPS) is 23.3. The first-order chi connectivity index (χ1) is 13.9. The van der Waals surface area contributed by atoms with Gasteiger partial charge in [-0.05, 0) is 37.0 Å². The summed E-state index contributed by atoms with van der Waals surface area (Å²) >= 11 is 0. The number of urea groups is 1. The fourth-order valence-corrected chi connectivity index (χ4v) is 4.15. The molecule has 0 radical (unpaired) electrons. The first kappa shape index (κ1) is 20.6. The van der Waals surface area contributed by atoms with Crippen molar-refractivity contribution in [2.24, 2.45) is 0 Å². The number of carbonyl (C=O) groups excluding carboxylic acids is 3. The van der Waals surface area contributed by atoms with Crippen LogP contribution >= 0.6 is 0 Å².